The highest BCUT2D eigenvalue weighted by Crippen LogP contribution is 2.21. The van der Waals surface area contributed by atoms with Crippen molar-refractivity contribution >= 4 is 34.9 Å². The number of anilines is 2. The molecule has 1 aliphatic rings. The average molecular weight is 378 g/mol. The van der Waals surface area contributed by atoms with Crippen LogP contribution in [0.25, 0.3) is 5.65 Å². The van der Waals surface area contributed by atoms with E-state index in [2.05, 4.69) is 20.7 Å². The summed E-state index contributed by atoms with van der Waals surface area (Å²) in [6.45, 7) is 3.93. The van der Waals surface area contributed by atoms with Crippen LogP contribution in [0.2, 0.25) is 0 Å². The molecule has 0 atom stereocenters. The van der Waals surface area contributed by atoms with E-state index >= 15 is 0 Å². The summed E-state index contributed by atoms with van der Waals surface area (Å²) in [6.07, 6.45) is 1.89. The minimum atomic E-state index is -0.446. The summed E-state index contributed by atoms with van der Waals surface area (Å²) in [4.78, 5) is 41.9. The second-order valence-corrected chi connectivity index (χ2v) is 6.51. The highest BCUT2D eigenvalue weighted by atomic mass is 16.2. The van der Waals surface area contributed by atoms with Gasteiger partial charge in [-0.15, -0.1) is 0 Å². The molecule has 3 heterocycles. The predicted octanol–water partition coefficient (Wildman–Crippen LogP) is 2.04. The first-order valence-electron chi connectivity index (χ1n) is 8.78. The van der Waals surface area contributed by atoms with Crippen LogP contribution >= 0.6 is 0 Å². The molecule has 1 aromatic carbocycles. The summed E-state index contributed by atoms with van der Waals surface area (Å²) in [5.41, 5.74) is 3.71. The Hall–Kier alpha value is -3.75. The van der Waals surface area contributed by atoms with E-state index < -0.39 is 6.03 Å². The first kappa shape index (κ1) is 17.7. The fourth-order valence-electron chi connectivity index (χ4n) is 3.29. The number of urea groups is 1. The van der Waals surface area contributed by atoms with Crippen LogP contribution in [0, 0.1) is 13.8 Å². The minimum Gasteiger partial charge on any atom is -0.322 e. The quantitative estimate of drug-likeness (QED) is 0.725. The standard InChI is InChI=1S/C19H18N6O3/c1-11-17(12(2)25-15(21-11)7-9-20-25)18(27)22-13-3-5-14(6-4-13)24-10-8-16(26)23-19(24)28/h3-7,9H,8,10H2,1-2H3,(H,22,27)(H,23,26,28). The van der Waals surface area contributed by atoms with Crippen LogP contribution in [-0.4, -0.2) is 39.0 Å². The van der Waals surface area contributed by atoms with Gasteiger partial charge in [0.25, 0.3) is 5.91 Å². The normalized spacial score (nSPS) is 14.3. The molecule has 2 aromatic heterocycles. The molecule has 9 heteroatoms. The molecule has 4 amide bonds. The van der Waals surface area contributed by atoms with Gasteiger partial charge < -0.3 is 5.32 Å². The number of aromatic nitrogens is 3. The first-order valence-corrected chi connectivity index (χ1v) is 8.78. The Morgan fingerprint density at radius 1 is 1.14 bits per heavy atom. The molecule has 0 unspecified atom stereocenters. The molecule has 0 aliphatic carbocycles. The largest absolute Gasteiger partial charge is 0.328 e. The van der Waals surface area contributed by atoms with Gasteiger partial charge in [0.2, 0.25) is 5.91 Å². The van der Waals surface area contributed by atoms with Crippen molar-refractivity contribution in [3.05, 3.63) is 53.5 Å². The fraction of sp³-hybridized carbons (Fsp3) is 0.211. The maximum Gasteiger partial charge on any atom is 0.328 e. The van der Waals surface area contributed by atoms with Crippen molar-refractivity contribution in [1.82, 2.24) is 19.9 Å². The van der Waals surface area contributed by atoms with E-state index in [4.69, 9.17) is 0 Å². The number of carbonyl (C=O) groups is 3. The lowest BCUT2D eigenvalue weighted by Gasteiger charge is -2.26. The Bertz CT molecular complexity index is 1100. The van der Waals surface area contributed by atoms with Gasteiger partial charge in [-0.05, 0) is 38.1 Å². The Kier molecular flexibility index (Phi) is 4.26. The predicted molar refractivity (Wildman–Crippen MR) is 102 cm³/mol. The van der Waals surface area contributed by atoms with Gasteiger partial charge in [0, 0.05) is 30.4 Å². The van der Waals surface area contributed by atoms with Crippen LogP contribution in [0.1, 0.15) is 28.2 Å². The fourth-order valence-corrected chi connectivity index (χ4v) is 3.29. The number of nitrogens with one attached hydrogen (secondary N) is 2. The molecular formula is C19H18N6O3. The second kappa shape index (κ2) is 6.76. The molecule has 1 saturated heterocycles. The monoisotopic (exact) mass is 378 g/mol. The van der Waals surface area contributed by atoms with E-state index in [0.717, 1.165) is 0 Å². The van der Waals surface area contributed by atoms with Crippen LogP contribution in [0.15, 0.2) is 36.5 Å². The summed E-state index contributed by atoms with van der Waals surface area (Å²) in [7, 11) is 0. The van der Waals surface area contributed by atoms with Crippen molar-refractivity contribution in [3.63, 3.8) is 0 Å². The molecule has 9 nitrogen and oxygen atoms in total. The molecule has 0 bridgehead atoms. The van der Waals surface area contributed by atoms with Crippen LogP contribution in [-0.2, 0) is 4.79 Å². The highest BCUT2D eigenvalue weighted by Gasteiger charge is 2.24. The summed E-state index contributed by atoms with van der Waals surface area (Å²) in [6, 6.07) is 8.20. The molecule has 28 heavy (non-hydrogen) atoms. The van der Waals surface area contributed by atoms with Crippen LogP contribution in [0.3, 0.4) is 0 Å². The van der Waals surface area contributed by atoms with Crippen molar-refractivity contribution in [1.29, 1.82) is 0 Å². The van der Waals surface area contributed by atoms with Crippen LogP contribution < -0.4 is 15.5 Å². The third-order valence-electron chi connectivity index (χ3n) is 4.66. The Balaban J connectivity index is 1.54. The molecule has 0 radical (unpaired) electrons. The van der Waals surface area contributed by atoms with E-state index in [-0.39, 0.29) is 18.2 Å². The van der Waals surface area contributed by atoms with Gasteiger partial charge >= 0.3 is 6.03 Å². The van der Waals surface area contributed by atoms with E-state index in [1.165, 1.54) is 4.90 Å². The summed E-state index contributed by atoms with van der Waals surface area (Å²) in [5, 5.41) is 9.33. The van der Waals surface area contributed by atoms with Gasteiger partial charge in [-0.2, -0.15) is 5.10 Å². The second-order valence-electron chi connectivity index (χ2n) is 6.51. The molecule has 3 aromatic rings. The van der Waals surface area contributed by atoms with Crippen molar-refractivity contribution in [2.75, 3.05) is 16.8 Å². The zero-order chi connectivity index (χ0) is 19.8. The zero-order valence-corrected chi connectivity index (χ0v) is 15.4. The molecule has 1 aliphatic heterocycles. The van der Waals surface area contributed by atoms with E-state index in [0.29, 0.717) is 40.5 Å². The number of carbonyl (C=O) groups excluding carboxylic acids is 3. The molecule has 0 saturated carbocycles. The Morgan fingerprint density at radius 2 is 1.89 bits per heavy atom. The highest BCUT2D eigenvalue weighted by molar-refractivity contribution is 6.07. The van der Waals surface area contributed by atoms with E-state index in [1.807, 2.05) is 6.92 Å². The molecule has 0 spiro atoms. The van der Waals surface area contributed by atoms with Crippen molar-refractivity contribution < 1.29 is 14.4 Å². The summed E-state index contributed by atoms with van der Waals surface area (Å²) in [5.74, 6) is -0.562. The maximum atomic E-state index is 12.8. The number of rotatable bonds is 3. The van der Waals surface area contributed by atoms with Gasteiger partial charge in [-0.1, -0.05) is 0 Å². The number of nitrogens with zero attached hydrogens (tertiary/aromatic N) is 4. The lowest BCUT2D eigenvalue weighted by Crippen LogP contribution is -2.49. The number of aryl methyl sites for hydroxylation is 2. The number of imide groups is 1. The van der Waals surface area contributed by atoms with Crippen LogP contribution in [0.5, 0.6) is 0 Å². The number of benzene rings is 1. The van der Waals surface area contributed by atoms with E-state index in [1.54, 1.807) is 48.0 Å². The van der Waals surface area contributed by atoms with Gasteiger partial charge in [-0.25, -0.2) is 14.3 Å². The van der Waals surface area contributed by atoms with Crippen molar-refractivity contribution in [2.45, 2.75) is 20.3 Å². The summed E-state index contributed by atoms with van der Waals surface area (Å²) < 4.78 is 1.63. The number of fused-ring (bicyclic) bond motifs is 1. The molecular weight excluding hydrogens is 360 g/mol. The van der Waals surface area contributed by atoms with Gasteiger partial charge in [-0.3, -0.25) is 19.8 Å². The van der Waals surface area contributed by atoms with E-state index in [9.17, 15) is 14.4 Å². The first-order chi connectivity index (χ1) is 13.4. The number of hydrogen-bond donors (Lipinski definition) is 2. The van der Waals surface area contributed by atoms with Crippen molar-refractivity contribution in [3.8, 4) is 0 Å². The average Bonchev–Trinajstić information content (AvgIpc) is 3.11. The van der Waals surface area contributed by atoms with Gasteiger partial charge in [0.15, 0.2) is 5.65 Å². The minimum absolute atomic E-state index is 0.256. The molecule has 4 rings (SSSR count). The summed E-state index contributed by atoms with van der Waals surface area (Å²) >= 11 is 0. The van der Waals surface area contributed by atoms with Gasteiger partial charge in [0.05, 0.1) is 23.1 Å². The maximum absolute atomic E-state index is 12.8. The zero-order valence-electron chi connectivity index (χ0n) is 15.4. The SMILES string of the molecule is Cc1nc2ccnn2c(C)c1C(=O)Nc1ccc(N2CCC(=O)NC2=O)cc1. The lowest BCUT2D eigenvalue weighted by molar-refractivity contribution is -0.120. The number of amides is 4. The third kappa shape index (κ3) is 3.07. The Morgan fingerprint density at radius 3 is 2.61 bits per heavy atom. The molecule has 2 N–H and O–H groups in total. The topological polar surface area (TPSA) is 109 Å². The lowest BCUT2D eigenvalue weighted by atomic mass is 10.1. The molecule has 142 valence electrons. The number of hydrogen-bond acceptors (Lipinski definition) is 5. The molecule has 1 fully saturated rings. The smallest absolute Gasteiger partial charge is 0.322 e. The van der Waals surface area contributed by atoms with Crippen molar-refractivity contribution in [2.24, 2.45) is 0 Å². The van der Waals surface area contributed by atoms with Gasteiger partial charge in [0.1, 0.15) is 0 Å². The van der Waals surface area contributed by atoms with Crippen LogP contribution in [0.4, 0.5) is 16.2 Å². The third-order valence-corrected chi connectivity index (χ3v) is 4.66. The Labute approximate surface area is 160 Å².